The molecule has 0 spiro atoms. The molecule has 4 nitrogen and oxygen atoms in total. The Labute approximate surface area is 217 Å². The summed E-state index contributed by atoms with van der Waals surface area (Å²) in [5.74, 6) is 0.523. The summed E-state index contributed by atoms with van der Waals surface area (Å²) in [4.78, 5) is 27.2. The molecule has 36 heavy (non-hydrogen) atoms. The Morgan fingerprint density at radius 3 is 2.39 bits per heavy atom. The molecule has 0 saturated heterocycles. The molecule has 196 valence electrons. The van der Waals surface area contributed by atoms with Crippen LogP contribution in [0.3, 0.4) is 0 Å². The van der Waals surface area contributed by atoms with Crippen molar-refractivity contribution in [1.29, 1.82) is 5.26 Å². The molecule has 3 fully saturated rings. The molecule has 0 aromatic carbocycles. The Kier molecular flexibility index (Phi) is 5.85. The summed E-state index contributed by atoms with van der Waals surface area (Å²) < 4.78 is 0. The molecule has 5 rings (SSSR count). The normalized spacial score (nSPS) is 47.4. The summed E-state index contributed by atoms with van der Waals surface area (Å²) in [6, 6.07) is 2.18. The molecule has 0 aliphatic heterocycles. The predicted molar refractivity (Wildman–Crippen MR) is 141 cm³/mol. The summed E-state index contributed by atoms with van der Waals surface area (Å²) in [7, 11) is 0. The molecule has 0 heterocycles. The molecule has 3 saturated carbocycles. The van der Waals surface area contributed by atoms with Crippen LogP contribution in [0.4, 0.5) is 0 Å². The van der Waals surface area contributed by atoms with Gasteiger partial charge in [-0.25, -0.2) is 0 Å². The van der Waals surface area contributed by atoms with Crippen molar-refractivity contribution in [1.82, 2.24) is 0 Å². The lowest BCUT2D eigenvalue weighted by Crippen LogP contribution is -2.64. The van der Waals surface area contributed by atoms with Crippen molar-refractivity contribution in [3.05, 3.63) is 23.3 Å². The minimum absolute atomic E-state index is 0.000445. The number of carbonyl (C=O) groups is 2. The Morgan fingerprint density at radius 2 is 1.72 bits per heavy atom. The van der Waals surface area contributed by atoms with Gasteiger partial charge in [-0.05, 0) is 97.4 Å². The fraction of sp³-hybridized carbons (Fsp3) is 0.781. The molecule has 5 aliphatic rings. The number of allylic oxidation sites excluding steroid dienone is 4. The highest BCUT2D eigenvalue weighted by Gasteiger charge is 2.68. The van der Waals surface area contributed by atoms with Crippen molar-refractivity contribution < 1.29 is 14.7 Å². The van der Waals surface area contributed by atoms with Crippen LogP contribution in [0.5, 0.6) is 0 Å². The SMILES string of the molecule is CC1C(=O)C(C#N)=CC2(C)C3=CC(=O)C4C5CC(C)(C)CCC5(CCCO)CCC4(C)C3(C)CCC12. The Hall–Kier alpha value is -1.73. The third kappa shape index (κ3) is 3.27. The van der Waals surface area contributed by atoms with Crippen LogP contribution >= 0.6 is 0 Å². The van der Waals surface area contributed by atoms with Gasteiger partial charge in [0, 0.05) is 23.9 Å². The second kappa shape index (κ2) is 8.13. The fourth-order valence-electron chi connectivity index (χ4n) is 10.2. The maximum absolute atomic E-state index is 14.3. The first-order valence-corrected chi connectivity index (χ1v) is 14.3. The molecule has 8 unspecified atom stereocenters. The number of hydrogen-bond donors (Lipinski definition) is 1. The first kappa shape index (κ1) is 25.9. The lowest BCUT2D eigenvalue weighted by Gasteiger charge is -2.69. The Bertz CT molecular complexity index is 1090. The molecule has 0 aromatic heterocycles. The quantitative estimate of drug-likeness (QED) is 0.483. The number of rotatable bonds is 3. The zero-order valence-corrected chi connectivity index (χ0v) is 23.2. The number of nitriles is 1. The Balaban J connectivity index is 1.66. The second-order valence-corrected chi connectivity index (χ2v) is 14.6. The highest BCUT2D eigenvalue weighted by Crippen LogP contribution is 2.74. The lowest BCUT2D eigenvalue weighted by atomic mass is 9.34. The minimum Gasteiger partial charge on any atom is -0.396 e. The van der Waals surface area contributed by atoms with Crippen molar-refractivity contribution >= 4 is 11.6 Å². The molecule has 0 radical (unpaired) electrons. The molecule has 0 aromatic rings. The number of ketones is 2. The Morgan fingerprint density at radius 1 is 1.03 bits per heavy atom. The van der Waals surface area contributed by atoms with E-state index < -0.39 is 5.41 Å². The number of carbonyl (C=O) groups excluding carboxylic acids is 2. The van der Waals surface area contributed by atoms with Crippen LogP contribution in [0.1, 0.15) is 99.3 Å². The van der Waals surface area contributed by atoms with Crippen LogP contribution in [0.2, 0.25) is 0 Å². The lowest BCUT2D eigenvalue weighted by molar-refractivity contribution is -0.171. The molecule has 0 amide bonds. The monoisotopic (exact) mass is 491 g/mol. The van der Waals surface area contributed by atoms with Gasteiger partial charge in [0.1, 0.15) is 6.07 Å². The van der Waals surface area contributed by atoms with Gasteiger partial charge in [-0.2, -0.15) is 5.26 Å². The van der Waals surface area contributed by atoms with E-state index in [0.29, 0.717) is 5.92 Å². The first-order chi connectivity index (χ1) is 16.8. The first-order valence-electron chi connectivity index (χ1n) is 14.3. The van der Waals surface area contributed by atoms with E-state index in [0.717, 1.165) is 51.4 Å². The number of Topliss-reactive ketones (excluding diaryl/α,β-unsaturated/α-hetero) is 1. The number of fused-ring (bicyclic) bond motifs is 7. The summed E-state index contributed by atoms with van der Waals surface area (Å²) in [6.07, 6.45) is 13.3. The van der Waals surface area contributed by atoms with Crippen molar-refractivity contribution in [2.24, 2.45) is 50.7 Å². The van der Waals surface area contributed by atoms with E-state index in [1.807, 2.05) is 19.1 Å². The number of hydrogen-bond acceptors (Lipinski definition) is 4. The van der Waals surface area contributed by atoms with E-state index in [9.17, 15) is 20.0 Å². The molecular formula is C32H45NO3. The zero-order valence-electron chi connectivity index (χ0n) is 23.2. The van der Waals surface area contributed by atoms with Gasteiger partial charge in [0.2, 0.25) is 0 Å². The van der Waals surface area contributed by atoms with Crippen LogP contribution in [-0.4, -0.2) is 23.3 Å². The molecule has 4 heteroatoms. The van der Waals surface area contributed by atoms with Gasteiger partial charge >= 0.3 is 0 Å². The van der Waals surface area contributed by atoms with Gasteiger partial charge in [-0.1, -0.05) is 53.2 Å². The van der Waals surface area contributed by atoms with Crippen molar-refractivity contribution in [3.63, 3.8) is 0 Å². The molecule has 0 bridgehead atoms. The zero-order chi connectivity index (χ0) is 26.3. The number of nitrogens with zero attached hydrogens (tertiary/aromatic N) is 1. The van der Waals surface area contributed by atoms with E-state index in [1.54, 1.807) is 0 Å². The van der Waals surface area contributed by atoms with Crippen LogP contribution in [-0.2, 0) is 9.59 Å². The largest absolute Gasteiger partial charge is 0.396 e. The van der Waals surface area contributed by atoms with E-state index in [1.165, 1.54) is 12.0 Å². The molecule has 8 atom stereocenters. The average Bonchev–Trinajstić information content (AvgIpc) is 2.82. The third-order valence-corrected chi connectivity index (χ3v) is 12.5. The van der Waals surface area contributed by atoms with Gasteiger partial charge in [0.25, 0.3) is 0 Å². The highest BCUT2D eigenvalue weighted by atomic mass is 16.3. The topological polar surface area (TPSA) is 78.2 Å². The molecular weight excluding hydrogens is 446 g/mol. The van der Waals surface area contributed by atoms with E-state index in [-0.39, 0.29) is 63.2 Å². The summed E-state index contributed by atoms with van der Waals surface area (Å²) in [6.45, 7) is 13.9. The van der Waals surface area contributed by atoms with Crippen LogP contribution in [0, 0.1) is 62.1 Å². The maximum Gasteiger partial charge on any atom is 0.176 e. The highest BCUT2D eigenvalue weighted by molar-refractivity contribution is 6.02. The second-order valence-electron chi connectivity index (χ2n) is 14.6. The maximum atomic E-state index is 14.3. The van der Waals surface area contributed by atoms with Gasteiger partial charge < -0.3 is 5.11 Å². The van der Waals surface area contributed by atoms with Gasteiger partial charge in [0.05, 0.1) is 5.57 Å². The van der Waals surface area contributed by atoms with E-state index >= 15 is 0 Å². The van der Waals surface area contributed by atoms with Crippen molar-refractivity contribution in [3.8, 4) is 6.07 Å². The van der Waals surface area contributed by atoms with Crippen LogP contribution in [0.15, 0.2) is 23.3 Å². The van der Waals surface area contributed by atoms with Crippen LogP contribution in [0.25, 0.3) is 0 Å². The van der Waals surface area contributed by atoms with Crippen molar-refractivity contribution in [2.45, 2.75) is 99.3 Å². The molecule has 5 aliphatic carbocycles. The summed E-state index contributed by atoms with van der Waals surface area (Å²) in [5, 5.41) is 19.5. The van der Waals surface area contributed by atoms with Gasteiger partial charge in [-0.15, -0.1) is 0 Å². The van der Waals surface area contributed by atoms with Gasteiger partial charge in [0.15, 0.2) is 11.6 Å². The fourth-order valence-corrected chi connectivity index (χ4v) is 10.2. The number of aliphatic hydroxyl groups is 1. The smallest absolute Gasteiger partial charge is 0.176 e. The molecule has 1 N–H and O–H groups in total. The standard InChI is InChI=1S/C32H45NO3/c1-20-22-8-10-30(5)25(29(22,4)17-21(19-33)27(20)36)16-24(35)26-23-18-28(2,3)11-13-32(23,9-7-15-34)14-12-31(26,30)6/h16-17,20,22-23,26,34H,7-15,18H2,1-6H3. The van der Waals surface area contributed by atoms with E-state index in [4.69, 9.17) is 0 Å². The average molecular weight is 492 g/mol. The minimum atomic E-state index is -0.438. The van der Waals surface area contributed by atoms with Gasteiger partial charge in [-0.3, -0.25) is 9.59 Å². The summed E-state index contributed by atoms with van der Waals surface area (Å²) >= 11 is 0. The number of aliphatic hydroxyl groups excluding tert-OH is 1. The van der Waals surface area contributed by atoms with Crippen LogP contribution < -0.4 is 0 Å². The third-order valence-electron chi connectivity index (χ3n) is 12.5. The van der Waals surface area contributed by atoms with Crippen molar-refractivity contribution in [2.75, 3.05) is 6.61 Å². The van der Waals surface area contributed by atoms with E-state index in [2.05, 4.69) is 40.7 Å². The predicted octanol–water partition coefficient (Wildman–Crippen LogP) is 6.59. The summed E-state index contributed by atoms with van der Waals surface area (Å²) in [5.41, 5.74) is 1.11.